The number of ether oxygens (including phenoxy) is 1. The van der Waals surface area contributed by atoms with E-state index in [2.05, 4.69) is 56.3 Å². The van der Waals surface area contributed by atoms with Gasteiger partial charge in [-0.25, -0.2) is 0 Å². The topological polar surface area (TPSA) is 9.23 Å². The maximum Gasteiger partial charge on any atom is 0.134 e. The summed E-state index contributed by atoms with van der Waals surface area (Å²) in [6.45, 7) is 4.37. The Kier molecular flexibility index (Phi) is 7.04. The molecule has 2 aromatic carbocycles. The number of benzene rings is 2. The van der Waals surface area contributed by atoms with Crippen LogP contribution in [0.1, 0.15) is 24.5 Å². The summed E-state index contributed by atoms with van der Waals surface area (Å²) in [6.07, 6.45) is 1.20. The summed E-state index contributed by atoms with van der Waals surface area (Å²) in [5.41, 5.74) is 2.67. The Labute approximate surface area is 136 Å². The fourth-order valence-corrected chi connectivity index (χ4v) is 3.53. The van der Waals surface area contributed by atoms with Crippen molar-refractivity contribution in [3.8, 4) is 5.75 Å². The van der Waals surface area contributed by atoms with Gasteiger partial charge in [0.15, 0.2) is 0 Å². The predicted molar refractivity (Wildman–Crippen MR) is 95.4 cm³/mol. The summed E-state index contributed by atoms with van der Waals surface area (Å²) in [6, 6.07) is 16.9. The van der Waals surface area contributed by atoms with Crippen molar-refractivity contribution in [3.05, 3.63) is 59.7 Å². The number of thioether (sulfide) groups is 2. The van der Waals surface area contributed by atoms with Crippen LogP contribution < -0.4 is 4.74 Å². The van der Waals surface area contributed by atoms with Crippen molar-refractivity contribution < 1.29 is 4.74 Å². The van der Waals surface area contributed by atoms with Crippen molar-refractivity contribution in [1.82, 2.24) is 0 Å². The van der Waals surface area contributed by atoms with Gasteiger partial charge >= 0.3 is 0 Å². The molecule has 0 aromatic heterocycles. The van der Waals surface area contributed by atoms with Gasteiger partial charge in [0, 0.05) is 10.6 Å². The van der Waals surface area contributed by atoms with Gasteiger partial charge in [-0.15, -0.1) is 23.5 Å². The Bertz CT molecular complexity index is 540. The molecule has 0 fully saturated rings. The molecule has 1 nitrogen and oxygen atoms in total. The lowest BCUT2D eigenvalue weighted by molar-refractivity contribution is 0.391. The SMILES string of the molecule is CCCSc1cc(OCSCc2ccccc2)ccc1C. The van der Waals surface area contributed by atoms with Crippen molar-refractivity contribution in [2.45, 2.75) is 30.9 Å². The molecule has 0 atom stereocenters. The summed E-state index contributed by atoms with van der Waals surface area (Å²) >= 11 is 3.71. The predicted octanol–water partition coefficient (Wildman–Crippen LogP) is 5.77. The first kappa shape index (κ1) is 16.3. The van der Waals surface area contributed by atoms with Gasteiger partial charge in [-0.2, -0.15) is 0 Å². The van der Waals surface area contributed by atoms with Gasteiger partial charge in [0.2, 0.25) is 0 Å². The lowest BCUT2D eigenvalue weighted by atomic mass is 10.2. The zero-order valence-electron chi connectivity index (χ0n) is 12.7. The third-order valence-electron chi connectivity index (χ3n) is 3.04. The quantitative estimate of drug-likeness (QED) is 0.347. The van der Waals surface area contributed by atoms with Crippen LogP contribution in [0.4, 0.5) is 0 Å². The van der Waals surface area contributed by atoms with E-state index in [9.17, 15) is 0 Å². The molecule has 0 bridgehead atoms. The second kappa shape index (κ2) is 9.06. The van der Waals surface area contributed by atoms with Gasteiger partial charge in [-0.3, -0.25) is 0 Å². The molecule has 2 aromatic rings. The highest BCUT2D eigenvalue weighted by atomic mass is 32.2. The first-order valence-electron chi connectivity index (χ1n) is 7.27. The Morgan fingerprint density at radius 3 is 2.62 bits per heavy atom. The summed E-state index contributed by atoms with van der Waals surface area (Å²) in [5, 5.41) is 0. The van der Waals surface area contributed by atoms with Gasteiger partial charge in [0.05, 0.1) is 0 Å². The van der Waals surface area contributed by atoms with Crippen molar-refractivity contribution >= 4 is 23.5 Å². The van der Waals surface area contributed by atoms with E-state index in [0.717, 1.165) is 17.3 Å². The van der Waals surface area contributed by atoms with Crippen LogP contribution in [0.5, 0.6) is 5.75 Å². The standard InChI is InChI=1S/C18H22OS2/c1-3-11-21-18-12-17(10-9-15(18)2)19-14-20-13-16-7-5-4-6-8-16/h4-10,12H,3,11,13-14H2,1-2H3. The average molecular weight is 319 g/mol. The fourth-order valence-electron chi connectivity index (χ4n) is 1.88. The molecule has 0 saturated heterocycles. The van der Waals surface area contributed by atoms with Gasteiger partial charge in [0.1, 0.15) is 11.7 Å². The molecular formula is C18H22OS2. The number of hydrogen-bond donors (Lipinski definition) is 0. The summed E-state index contributed by atoms with van der Waals surface area (Å²) < 4.78 is 5.85. The molecule has 0 N–H and O–H groups in total. The van der Waals surface area contributed by atoms with Gasteiger partial charge in [-0.05, 0) is 42.4 Å². The van der Waals surface area contributed by atoms with Gasteiger partial charge < -0.3 is 4.74 Å². The fraction of sp³-hybridized carbons (Fsp3) is 0.333. The van der Waals surface area contributed by atoms with Crippen molar-refractivity contribution in [2.75, 3.05) is 11.7 Å². The second-order valence-corrected chi connectivity index (χ2v) is 6.94. The normalized spacial score (nSPS) is 10.6. The number of aryl methyl sites for hydroxylation is 1. The van der Waals surface area contributed by atoms with E-state index >= 15 is 0 Å². The first-order valence-corrected chi connectivity index (χ1v) is 9.41. The smallest absolute Gasteiger partial charge is 0.134 e. The third-order valence-corrected chi connectivity index (χ3v) is 5.23. The molecule has 3 heteroatoms. The Hall–Kier alpha value is -1.06. The van der Waals surface area contributed by atoms with Gasteiger partial charge in [-0.1, -0.05) is 43.3 Å². The monoisotopic (exact) mass is 318 g/mol. The Morgan fingerprint density at radius 2 is 1.86 bits per heavy atom. The largest absolute Gasteiger partial charge is 0.483 e. The van der Waals surface area contributed by atoms with E-state index in [1.807, 2.05) is 17.8 Å². The second-order valence-electron chi connectivity index (χ2n) is 4.87. The molecule has 0 unspecified atom stereocenters. The van der Waals surface area contributed by atoms with E-state index in [-0.39, 0.29) is 0 Å². The van der Waals surface area contributed by atoms with E-state index in [1.165, 1.54) is 22.4 Å². The maximum atomic E-state index is 5.85. The minimum absolute atomic E-state index is 0.690. The minimum Gasteiger partial charge on any atom is -0.483 e. The zero-order chi connectivity index (χ0) is 14.9. The van der Waals surface area contributed by atoms with E-state index in [4.69, 9.17) is 4.74 Å². The highest BCUT2D eigenvalue weighted by Crippen LogP contribution is 2.28. The summed E-state index contributed by atoms with van der Waals surface area (Å²) in [4.78, 5) is 1.34. The average Bonchev–Trinajstić information content (AvgIpc) is 2.52. The lowest BCUT2D eigenvalue weighted by Gasteiger charge is -2.10. The number of hydrogen-bond acceptors (Lipinski definition) is 3. The van der Waals surface area contributed by atoms with Crippen molar-refractivity contribution in [2.24, 2.45) is 0 Å². The molecule has 0 spiro atoms. The minimum atomic E-state index is 0.690. The Morgan fingerprint density at radius 1 is 1.05 bits per heavy atom. The lowest BCUT2D eigenvalue weighted by Crippen LogP contribution is -1.94. The molecule has 0 aliphatic heterocycles. The number of rotatable bonds is 8. The molecule has 21 heavy (non-hydrogen) atoms. The van der Waals surface area contributed by atoms with Crippen molar-refractivity contribution in [1.29, 1.82) is 0 Å². The third kappa shape index (κ3) is 5.68. The molecule has 0 aliphatic carbocycles. The van der Waals surface area contributed by atoms with Crippen LogP contribution in [0.15, 0.2) is 53.4 Å². The van der Waals surface area contributed by atoms with Crippen LogP contribution in [-0.2, 0) is 5.75 Å². The molecule has 0 saturated carbocycles. The van der Waals surface area contributed by atoms with E-state index in [1.54, 1.807) is 11.8 Å². The molecule has 2 rings (SSSR count). The zero-order valence-corrected chi connectivity index (χ0v) is 14.3. The van der Waals surface area contributed by atoms with Crippen LogP contribution in [-0.4, -0.2) is 11.7 Å². The molecular weight excluding hydrogens is 296 g/mol. The summed E-state index contributed by atoms with van der Waals surface area (Å²) in [5.74, 6) is 3.81. The maximum absolute atomic E-state index is 5.85. The van der Waals surface area contributed by atoms with Gasteiger partial charge in [0.25, 0.3) is 0 Å². The van der Waals surface area contributed by atoms with Crippen molar-refractivity contribution in [3.63, 3.8) is 0 Å². The first-order chi connectivity index (χ1) is 10.3. The van der Waals surface area contributed by atoms with Crippen LogP contribution >= 0.6 is 23.5 Å². The highest BCUT2D eigenvalue weighted by Gasteiger charge is 2.02. The highest BCUT2D eigenvalue weighted by molar-refractivity contribution is 7.99. The summed E-state index contributed by atoms with van der Waals surface area (Å²) in [7, 11) is 0. The Balaban J connectivity index is 1.80. The van der Waals surface area contributed by atoms with E-state index in [0.29, 0.717) is 5.94 Å². The van der Waals surface area contributed by atoms with E-state index < -0.39 is 0 Å². The molecule has 0 amide bonds. The molecule has 0 heterocycles. The van der Waals surface area contributed by atoms with Crippen LogP contribution in [0.3, 0.4) is 0 Å². The van der Waals surface area contributed by atoms with Crippen LogP contribution in [0, 0.1) is 6.92 Å². The van der Waals surface area contributed by atoms with Crippen LogP contribution in [0.25, 0.3) is 0 Å². The molecule has 0 radical (unpaired) electrons. The van der Waals surface area contributed by atoms with Crippen LogP contribution in [0.2, 0.25) is 0 Å². The molecule has 112 valence electrons. The molecule has 0 aliphatic rings.